The van der Waals surface area contributed by atoms with E-state index in [-0.39, 0.29) is 6.10 Å². The number of hydrogen-bond acceptors (Lipinski definition) is 3. The average Bonchev–Trinajstić information content (AvgIpc) is 2.43. The summed E-state index contributed by atoms with van der Waals surface area (Å²) >= 11 is 0. The van der Waals surface area contributed by atoms with Crippen molar-refractivity contribution in [1.29, 1.82) is 0 Å². The summed E-state index contributed by atoms with van der Waals surface area (Å²) in [4.78, 5) is 0. The number of rotatable bonds is 10. The fourth-order valence-corrected chi connectivity index (χ4v) is 1.98. The maximum atomic E-state index is 5.97. The van der Waals surface area contributed by atoms with Crippen molar-refractivity contribution in [3.05, 3.63) is 35.4 Å². The van der Waals surface area contributed by atoms with Crippen molar-refractivity contribution in [1.82, 2.24) is 5.32 Å². The van der Waals surface area contributed by atoms with Crippen molar-refractivity contribution >= 4 is 0 Å². The van der Waals surface area contributed by atoms with Crippen LogP contribution >= 0.6 is 0 Å². The van der Waals surface area contributed by atoms with E-state index in [4.69, 9.17) is 9.47 Å². The van der Waals surface area contributed by atoms with Crippen LogP contribution in [0.25, 0.3) is 0 Å². The zero-order chi connectivity index (χ0) is 13.9. The number of hydrogen-bond donors (Lipinski definition) is 1. The fourth-order valence-electron chi connectivity index (χ4n) is 1.98. The van der Waals surface area contributed by atoms with Crippen LogP contribution in [0.2, 0.25) is 0 Å². The summed E-state index contributed by atoms with van der Waals surface area (Å²) in [7, 11) is 0. The summed E-state index contributed by atoms with van der Waals surface area (Å²) in [6, 6.07) is 8.40. The molecule has 108 valence electrons. The van der Waals surface area contributed by atoms with Crippen LogP contribution in [0.15, 0.2) is 24.3 Å². The fraction of sp³-hybridized carbons (Fsp3) is 0.625. The summed E-state index contributed by atoms with van der Waals surface area (Å²) in [5.74, 6) is 0. The number of likely N-dealkylation sites (N-methyl/N-ethyl adjacent to an activating group) is 1. The number of aryl methyl sites for hydroxylation is 1. The second-order valence-corrected chi connectivity index (χ2v) is 4.64. The van der Waals surface area contributed by atoms with Crippen LogP contribution in [0.3, 0.4) is 0 Å². The van der Waals surface area contributed by atoms with Gasteiger partial charge < -0.3 is 14.8 Å². The van der Waals surface area contributed by atoms with Crippen LogP contribution < -0.4 is 5.32 Å². The monoisotopic (exact) mass is 265 g/mol. The minimum Gasteiger partial charge on any atom is -0.379 e. The van der Waals surface area contributed by atoms with Gasteiger partial charge in [0.15, 0.2) is 0 Å². The topological polar surface area (TPSA) is 30.5 Å². The molecule has 0 aliphatic heterocycles. The number of benzene rings is 1. The van der Waals surface area contributed by atoms with E-state index >= 15 is 0 Å². The Kier molecular flexibility index (Phi) is 8.47. The van der Waals surface area contributed by atoms with Gasteiger partial charge in [-0.1, -0.05) is 38.1 Å². The average molecular weight is 265 g/mol. The van der Waals surface area contributed by atoms with E-state index in [2.05, 4.69) is 50.4 Å². The molecule has 3 heteroatoms. The van der Waals surface area contributed by atoms with Crippen molar-refractivity contribution in [2.75, 3.05) is 32.9 Å². The molecule has 0 amide bonds. The Balaban J connectivity index is 2.49. The van der Waals surface area contributed by atoms with E-state index in [1.165, 1.54) is 11.1 Å². The Bertz CT molecular complexity index is 341. The van der Waals surface area contributed by atoms with Gasteiger partial charge in [-0.05, 0) is 31.0 Å². The highest BCUT2D eigenvalue weighted by Gasteiger charge is 2.13. The highest BCUT2D eigenvalue weighted by atomic mass is 16.5. The lowest BCUT2D eigenvalue weighted by Gasteiger charge is -2.20. The lowest BCUT2D eigenvalue weighted by molar-refractivity contribution is 0.00422. The predicted molar refractivity (Wildman–Crippen MR) is 79.5 cm³/mol. The SMILES string of the molecule is CCCOCCOC(CNCC)c1ccccc1C. The van der Waals surface area contributed by atoms with E-state index in [0.29, 0.717) is 13.2 Å². The van der Waals surface area contributed by atoms with E-state index in [1.807, 2.05) is 0 Å². The summed E-state index contributed by atoms with van der Waals surface area (Å²) in [5.41, 5.74) is 2.54. The van der Waals surface area contributed by atoms with E-state index in [0.717, 1.165) is 26.1 Å². The molecule has 1 rings (SSSR count). The summed E-state index contributed by atoms with van der Waals surface area (Å²) in [6.45, 7) is 10.3. The predicted octanol–water partition coefficient (Wildman–Crippen LogP) is 3.09. The van der Waals surface area contributed by atoms with Gasteiger partial charge in [0.05, 0.1) is 19.3 Å². The Morgan fingerprint density at radius 1 is 1.11 bits per heavy atom. The van der Waals surface area contributed by atoms with Crippen LogP contribution in [-0.2, 0) is 9.47 Å². The van der Waals surface area contributed by atoms with Crippen LogP contribution in [0.1, 0.15) is 37.5 Å². The minimum atomic E-state index is 0.103. The second kappa shape index (κ2) is 9.96. The third-order valence-corrected chi connectivity index (χ3v) is 3.01. The molecule has 0 radical (unpaired) electrons. The third kappa shape index (κ3) is 6.19. The summed E-state index contributed by atoms with van der Waals surface area (Å²) in [6.07, 6.45) is 1.16. The zero-order valence-corrected chi connectivity index (χ0v) is 12.4. The molecular weight excluding hydrogens is 238 g/mol. The third-order valence-electron chi connectivity index (χ3n) is 3.01. The van der Waals surface area contributed by atoms with Gasteiger partial charge in [-0.3, -0.25) is 0 Å². The molecule has 0 aliphatic rings. The van der Waals surface area contributed by atoms with Crippen LogP contribution in [0.5, 0.6) is 0 Å². The van der Waals surface area contributed by atoms with Crippen LogP contribution in [0.4, 0.5) is 0 Å². The van der Waals surface area contributed by atoms with E-state index in [9.17, 15) is 0 Å². The lowest BCUT2D eigenvalue weighted by atomic mass is 10.0. The molecule has 0 bridgehead atoms. The first-order valence-corrected chi connectivity index (χ1v) is 7.25. The summed E-state index contributed by atoms with van der Waals surface area (Å²) in [5, 5.41) is 3.36. The van der Waals surface area contributed by atoms with Crippen LogP contribution in [-0.4, -0.2) is 32.9 Å². The molecule has 0 saturated heterocycles. The van der Waals surface area contributed by atoms with Gasteiger partial charge >= 0.3 is 0 Å². The minimum absolute atomic E-state index is 0.103. The molecule has 0 fully saturated rings. The highest BCUT2D eigenvalue weighted by molar-refractivity contribution is 5.28. The molecule has 3 nitrogen and oxygen atoms in total. The van der Waals surface area contributed by atoms with Gasteiger partial charge in [0.25, 0.3) is 0 Å². The Labute approximate surface area is 117 Å². The molecule has 19 heavy (non-hydrogen) atoms. The van der Waals surface area contributed by atoms with E-state index in [1.54, 1.807) is 0 Å². The Morgan fingerprint density at radius 3 is 2.58 bits per heavy atom. The summed E-state index contributed by atoms with van der Waals surface area (Å²) < 4.78 is 11.4. The van der Waals surface area contributed by atoms with Gasteiger partial charge in [-0.15, -0.1) is 0 Å². The van der Waals surface area contributed by atoms with Crippen molar-refractivity contribution in [3.63, 3.8) is 0 Å². The maximum Gasteiger partial charge on any atom is 0.0952 e. The first kappa shape index (κ1) is 16.2. The number of nitrogens with one attached hydrogen (secondary N) is 1. The van der Waals surface area contributed by atoms with Crippen molar-refractivity contribution in [2.45, 2.75) is 33.3 Å². The van der Waals surface area contributed by atoms with Gasteiger partial charge in [0, 0.05) is 13.2 Å². The molecule has 0 aromatic heterocycles. The molecule has 0 aliphatic carbocycles. The van der Waals surface area contributed by atoms with Gasteiger partial charge in [0.1, 0.15) is 0 Å². The van der Waals surface area contributed by atoms with E-state index < -0.39 is 0 Å². The Morgan fingerprint density at radius 2 is 1.89 bits per heavy atom. The normalized spacial score (nSPS) is 12.6. The molecule has 0 heterocycles. The highest BCUT2D eigenvalue weighted by Crippen LogP contribution is 2.20. The second-order valence-electron chi connectivity index (χ2n) is 4.64. The standard InChI is InChI=1S/C16H27NO2/c1-4-10-18-11-12-19-16(13-17-5-2)15-9-7-6-8-14(15)3/h6-9,16-17H,4-5,10-13H2,1-3H3. The molecule has 1 aromatic carbocycles. The van der Waals surface area contributed by atoms with Crippen LogP contribution in [0, 0.1) is 6.92 Å². The molecule has 0 saturated carbocycles. The first-order valence-electron chi connectivity index (χ1n) is 7.25. The molecule has 1 unspecified atom stereocenters. The molecular formula is C16H27NO2. The van der Waals surface area contributed by atoms with Gasteiger partial charge in [0.2, 0.25) is 0 Å². The Hall–Kier alpha value is -0.900. The molecule has 1 aromatic rings. The van der Waals surface area contributed by atoms with Crippen molar-refractivity contribution in [3.8, 4) is 0 Å². The van der Waals surface area contributed by atoms with Gasteiger partial charge in [-0.25, -0.2) is 0 Å². The largest absolute Gasteiger partial charge is 0.379 e. The molecule has 1 atom stereocenters. The first-order chi connectivity index (χ1) is 9.29. The van der Waals surface area contributed by atoms with Crippen molar-refractivity contribution < 1.29 is 9.47 Å². The van der Waals surface area contributed by atoms with Crippen molar-refractivity contribution in [2.24, 2.45) is 0 Å². The lowest BCUT2D eigenvalue weighted by Crippen LogP contribution is -2.24. The molecule has 1 N–H and O–H groups in total. The zero-order valence-electron chi connectivity index (χ0n) is 12.4. The maximum absolute atomic E-state index is 5.97. The number of ether oxygens (including phenoxy) is 2. The van der Waals surface area contributed by atoms with Gasteiger partial charge in [-0.2, -0.15) is 0 Å². The quantitative estimate of drug-likeness (QED) is 0.659. The molecule has 0 spiro atoms. The smallest absolute Gasteiger partial charge is 0.0952 e.